The highest BCUT2D eigenvalue weighted by Gasteiger charge is 2.26. The molecule has 2 aromatic carbocycles. The molecule has 0 fully saturated rings. The summed E-state index contributed by atoms with van der Waals surface area (Å²) in [5.74, 6) is -1.31. The van der Waals surface area contributed by atoms with Gasteiger partial charge in [-0.2, -0.15) is 19.6 Å². The second-order valence-electron chi connectivity index (χ2n) is 6.29. The fraction of sp³-hybridized carbons (Fsp3) is 0.190. The molecule has 7 nitrogen and oxygen atoms in total. The molecule has 0 N–H and O–H groups in total. The van der Waals surface area contributed by atoms with E-state index in [1.807, 2.05) is 18.2 Å². The van der Waals surface area contributed by atoms with Crippen LogP contribution in [0.1, 0.15) is 0 Å². The molecular weight excluding hydrogens is 394 g/mol. The number of aromatic nitrogens is 4. The van der Waals surface area contributed by atoms with E-state index >= 15 is 8.78 Å². The van der Waals surface area contributed by atoms with Gasteiger partial charge in [-0.25, -0.2) is 8.78 Å². The van der Waals surface area contributed by atoms with Gasteiger partial charge in [-0.15, -0.1) is 0 Å². The third kappa shape index (κ3) is 3.55. The van der Waals surface area contributed by atoms with E-state index < -0.39 is 11.6 Å². The van der Waals surface area contributed by atoms with Crippen molar-refractivity contribution < 1.29 is 23.0 Å². The van der Waals surface area contributed by atoms with Gasteiger partial charge in [0.1, 0.15) is 30.3 Å². The minimum atomic E-state index is -0.820. The van der Waals surface area contributed by atoms with E-state index in [1.54, 1.807) is 12.1 Å². The number of methoxy groups -OCH3 is 2. The van der Waals surface area contributed by atoms with Crippen LogP contribution in [-0.2, 0) is 4.74 Å². The zero-order valence-electron chi connectivity index (χ0n) is 16.3. The zero-order valence-corrected chi connectivity index (χ0v) is 16.3. The normalized spacial score (nSPS) is 11.1. The summed E-state index contributed by atoms with van der Waals surface area (Å²) >= 11 is 0. The van der Waals surface area contributed by atoms with Crippen LogP contribution in [0, 0.1) is 11.6 Å². The van der Waals surface area contributed by atoms with Crippen LogP contribution in [0.2, 0.25) is 0 Å². The van der Waals surface area contributed by atoms with Crippen molar-refractivity contribution >= 4 is 5.78 Å². The first-order valence-electron chi connectivity index (χ1n) is 9.08. The summed E-state index contributed by atoms with van der Waals surface area (Å²) in [7, 11) is 2.89. The van der Waals surface area contributed by atoms with Gasteiger partial charge in [-0.3, -0.25) is 0 Å². The van der Waals surface area contributed by atoms with Gasteiger partial charge < -0.3 is 14.2 Å². The van der Waals surface area contributed by atoms with E-state index in [-0.39, 0.29) is 35.1 Å². The SMILES string of the molecule is COCCOc1cc(F)c(-c2c(OC)nc3ncnn3c2-c2ccccc2)c(F)c1. The minimum absolute atomic E-state index is 0.0280. The standard InChI is InChI=1S/C21H18F2N4O3/c1-28-8-9-30-14-10-15(22)17(16(23)11-14)18-19(13-6-4-3-5-7-13)27-21(24-12-25-27)26-20(18)29-2/h3-7,10-12H,8-9H2,1-2H3. The molecule has 0 saturated heterocycles. The monoisotopic (exact) mass is 412 g/mol. The molecule has 0 atom stereocenters. The molecule has 0 bridgehead atoms. The fourth-order valence-electron chi connectivity index (χ4n) is 3.17. The lowest BCUT2D eigenvalue weighted by atomic mass is 9.98. The number of ether oxygens (including phenoxy) is 3. The van der Waals surface area contributed by atoms with Crippen molar-refractivity contribution in [2.45, 2.75) is 0 Å². The van der Waals surface area contributed by atoms with E-state index in [2.05, 4.69) is 15.1 Å². The van der Waals surface area contributed by atoms with E-state index in [4.69, 9.17) is 14.2 Å². The number of halogens is 2. The summed E-state index contributed by atoms with van der Waals surface area (Å²) in [5, 5.41) is 4.19. The molecular formula is C21H18F2N4O3. The quantitative estimate of drug-likeness (QED) is 0.431. The van der Waals surface area contributed by atoms with Gasteiger partial charge in [0.05, 0.1) is 30.5 Å². The first-order valence-corrected chi connectivity index (χ1v) is 9.08. The maximum absolute atomic E-state index is 15.2. The van der Waals surface area contributed by atoms with E-state index in [0.717, 1.165) is 12.1 Å². The third-order valence-electron chi connectivity index (χ3n) is 4.46. The minimum Gasteiger partial charge on any atom is -0.491 e. The Morgan fingerprint density at radius 2 is 1.70 bits per heavy atom. The molecule has 154 valence electrons. The number of rotatable bonds is 7. The molecule has 2 heterocycles. The number of benzene rings is 2. The van der Waals surface area contributed by atoms with Gasteiger partial charge in [0, 0.05) is 24.8 Å². The van der Waals surface area contributed by atoms with Crippen molar-refractivity contribution in [3.8, 4) is 34.0 Å². The number of hydrogen-bond acceptors (Lipinski definition) is 6. The van der Waals surface area contributed by atoms with Crippen molar-refractivity contribution in [3.05, 3.63) is 60.4 Å². The van der Waals surface area contributed by atoms with Gasteiger partial charge in [0.15, 0.2) is 0 Å². The van der Waals surface area contributed by atoms with E-state index in [1.165, 1.54) is 25.1 Å². The highest BCUT2D eigenvalue weighted by atomic mass is 19.1. The molecule has 4 rings (SSSR count). The molecule has 0 aliphatic carbocycles. The average Bonchev–Trinajstić information content (AvgIpc) is 3.21. The maximum Gasteiger partial charge on any atom is 0.256 e. The molecule has 0 saturated carbocycles. The van der Waals surface area contributed by atoms with Crippen LogP contribution in [0.5, 0.6) is 11.6 Å². The Hall–Kier alpha value is -3.59. The maximum atomic E-state index is 15.2. The molecule has 0 radical (unpaired) electrons. The first-order chi connectivity index (χ1) is 14.6. The third-order valence-corrected chi connectivity index (χ3v) is 4.46. The Bertz CT molecular complexity index is 1160. The fourth-order valence-corrected chi connectivity index (χ4v) is 3.17. The van der Waals surface area contributed by atoms with E-state index in [0.29, 0.717) is 17.9 Å². The highest BCUT2D eigenvalue weighted by Crippen LogP contribution is 2.41. The number of hydrogen-bond donors (Lipinski definition) is 0. The smallest absolute Gasteiger partial charge is 0.256 e. The van der Waals surface area contributed by atoms with Crippen LogP contribution in [0.25, 0.3) is 28.2 Å². The van der Waals surface area contributed by atoms with Crippen molar-refractivity contribution in [1.82, 2.24) is 19.6 Å². The predicted octanol–water partition coefficient (Wildman–Crippen LogP) is 3.77. The molecule has 0 aliphatic rings. The molecule has 0 spiro atoms. The van der Waals surface area contributed by atoms with Crippen molar-refractivity contribution in [3.63, 3.8) is 0 Å². The Morgan fingerprint density at radius 1 is 0.967 bits per heavy atom. The largest absolute Gasteiger partial charge is 0.491 e. The lowest BCUT2D eigenvalue weighted by Crippen LogP contribution is -2.07. The highest BCUT2D eigenvalue weighted by molar-refractivity contribution is 5.86. The van der Waals surface area contributed by atoms with Gasteiger partial charge in [0.25, 0.3) is 5.78 Å². The zero-order chi connectivity index (χ0) is 21.1. The summed E-state index contributed by atoms with van der Waals surface area (Å²) in [6.07, 6.45) is 1.32. The van der Waals surface area contributed by atoms with E-state index in [9.17, 15) is 0 Å². The van der Waals surface area contributed by atoms with Gasteiger partial charge in [0.2, 0.25) is 5.88 Å². The van der Waals surface area contributed by atoms with Crippen molar-refractivity contribution in [2.24, 2.45) is 0 Å². The average molecular weight is 412 g/mol. The number of fused-ring (bicyclic) bond motifs is 1. The van der Waals surface area contributed by atoms with Gasteiger partial charge in [-0.05, 0) is 0 Å². The molecule has 0 amide bonds. The van der Waals surface area contributed by atoms with Crippen LogP contribution in [0.15, 0.2) is 48.8 Å². The predicted molar refractivity (Wildman–Crippen MR) is 105 cm³/mol. The summed E-state index contributed by atoms with van der Waals surface area (Å²) in [6.45, 7) is 0.462. The summed E-state index contributed by atoms with van der Waals surface area (Å²) in [5.41, 5.74) is 0.901. The van der Waals surface area contributed by atoms with Crippen LogP contribution in [0.3, 0.4) is 0 Å². The Balaban J connectivity index is 1.97. The molecule has 30 heavy (non-hydrogen) atoms. The summed E-state index contributed by atoms with van der Waals surface area (Å²) < 4.78 is 47.4. The lowest BCUT2D eigenvalue weighted by Gasteiger charge is -2.17. The second kappa shape index (κ2) is 8.42. The molecule has 0 aliphatic heterocycles. The molecule has 2 aromatic heterocycles. The Morgan fingerprint density at radius 3 is 2.37 bits per heavy atom. The topological polar surface area (TPSA) is 70.8 Å². The second-order valence-corrected chi connectivity index (χ2v) is 6.29. The van der Waals surface area contributed by atoms with Crippen LogP contribution >= 0.6 is 0 Å². The molecule has 9 heteroatoms. The first kappa shape index (κ1) is 19.7. The van der Waals surface area contributed by atoms with Crippen LogP contribution in [-0.4, -0.2) is 47.0 Å². The lowest BCUT2D eigenvalue weighted by molar-refractivity contribution is 0.146. The van der Waals surface area contributed by atoms with Crippen LogP contribution < -0.4 is 9.47 Å². The molecule has 0 unspecified atom stereocenters. The summed E-state index contributed by atoms with van der Waals surface area (Å²) in [4.78, 5) is 8.36. The van der Waals surface area contributed by atoms with Gasteiger partial charge in [-0.1, -0.05) is 30.3 Å². The Kier molecular flexibility index (Phi) is 5.53. The number of nitrogens with zero attached hydrogens (tertiary/aromatic N) is 4. The van der Waals surface area contributed by atoms with Gasteiger partial charge >= 0.3 is 0 Å². The summed E-state index contributed by atoms with van der Waals surface area (Å²) in [6, 6.07) is 11.3. The van der Waals surface area contributed by atoms with Crippen molar-refractivity contribution in [2.75, 3.05) is 27.4 Å². The van der Waals surface area contributed by atoms with Crippen molar-refractivity contribution in [1.29, 1.82) is 0 Å². The van der Waals surface area contributed by atoms with Crippen LogP contribution in [0.4, 0.5) is 8.78 Å². The molecule has 4 aromatic rings. The Labute approximate surface area is 170 Å².